The second-order valence-corrected chi connectivity index (χ2v) is 6.17. The maximum atomic E-state index is 13.5. The highest BCUT2D eigenvalue weighted by molar-refractivity contribution is 6.10. The maximum absolute atomic E-state index is 13.5. The fourth-order valence-corrected chi connectivity index (χ4v) is 2.38. The van der Waals surface area contributed by atoms with Crippen LogP contribution in [0.5, 0.6) is 5.75 Å². The summed E-state index contributed by atoms with van der Waals surface area (Å²) in [6.45, 7) is 1.35. The highest BCUT2D eigenvalue weighted by Gasteiger charge is 2.25. The third-order valence-corrected chi connectivity index (χ3v) is 3.82. The molecule has 142 valence electrons. The van der Waals surface area contributed by atoms with Gasteiger partial charge in [0.05, 0.1) is 6.10 Å². The van der Waals surface area contributed by atoms with Crippen LogP contribution < -0.4 is 21.5 Å². The number of nitrogens with two attached hydrogens (primary N) is 2. The van der Waals surface area contributed by atoms with Crippen LogP contribution in [0.2, 0.25) is 0 Å². The lowest BCUT2D eigenvalue weighted by Gasteiger charge is -2.14. The van der Waals surface area contributed by atoms with Crippen molar-refractivity contribution in [1.29, 1.82) is 0 Å². The first kappa shape index (κ1) is 18.6. The smallest absolute Gasteiger partial charge is 0.166 e. The van der Waals surface area contributed by atoms with Crippen molar-refractivity contribution in [2.75, 3.05) is 18.1 Å². The minimum absolute atomic E-state index is 0.0103. The third kappa shape index (κ3) is 4.69. The van der Waals surface area contributed by atoms with Gasteiger partial charge < -0.3 is 21.5 Å². The van der Waals surface area contributed by atoms with Gasteiger partial charge >= 0.3 is 0 Å². The number of anilines is 3. The van der Waals surface area contributed by atoms with Gasteiger partial charge in [-0.3, -0.25) is 4.99 Å². The van der Waals surface area contributed by atoms with Crippen LogP contribution in [0.15, 0.2) is 29.5 Å². The molecule has 0 saturated heterocycles. The quantitative estimate of drug-likeness (QED) is 0.639. The zero-order chi connectivity index (χ0) is 19.4. The van der Waals surface area contributed by atoms with Crippen LogP contribution in [0.4, 0.5) is 21.8 Å². The molecule has 0 amide bonds. The fourth-order valence-electron chi connectivity index (χ4n) is 2.38. The SMILES string of the molecule is CN=C/C(=C\N)c1cnc(Nc2cc(N)nc(C(C)F)n2)cc1OC1CC1. The van der Waals surface area contributed by atoms with E-state index < -0.39 is 6.17 Å². The summed E-state index contributed by atoms with van der Waals surface area (Å²) in [4.78, 5) is 16.4. The van der Waals surface area contributed by atoms with Gasteiger partial charge in [0.1, 0.15) is 23.2 Å². The van der Waals surface area contributed by atoms with Crippen LogP contribution in [0, 0.1) is 0 Å². The Labute approximate surface area is 156 Å². The van der Waals surface area contributed by atoms with Crippen LogP contribution in [-0.4, -0.2) is 34.3 Å². The molecule has 1 unspecified atom stereocenters. The lowest BCUT2D eigenvalue weighted by Crippen LogP contribution is -2.06. The molecule has 9 heteroatoms. The molecule has 2 aromatic heterocycles. The average molecular weight is 371 g/mol. The number of ether oxygens (including phenoxy) is 1. The minimum atomic E-state index is -1.33. The Balaban J connectivity index is 1.92. The Morgan fingerprint density at radius 1 is 1.37 bits per heavy atom. The number of halogens is 1. The molecule has 0 aromatic carbocycles. The van der Waals surface area contributed by atoms with E-state index in [1.165, 1.54) is 19.2 Å². The number of rotatable bonds is 7. The predicted octanol–water partition coefficient (Wildman–Crippen LogP) is 2.77. The first-order chi connectivity index (χ1) is 13.0. The monoisotopic (exact) mass is 371 g/mol. The van der Waals surface area contributed by atoms with Gasteiger partial charge in [-0.1, -0.05) is 0 Å². The van der Waals surface area contributed by atoms with Gasteiger partial charge in [0.15, 0.2) is 12.0 Å². The molecule has 0 aliphatic heterocycles. The molecule has 0 radical (unpaired) electrons. The molecule has 2 aromatic rings. The number of pyridine rings is 1. The Morgan fingerprint density at radius 2 is 2.15 bits per heavy atom. The Kier molecular flexibility index (Phi) is 5.49. The Hall–Kier alpha value is -3.23. The second-order valence-electron chi connectivity index (χ2n) is 6.17. The highest BCUT2D eigenvalue weighted by atomic mass is 19.1. The van der Waals surface area contributed by atoms with Crippen LogP contribution >= 0.6 is 0 Å². The van der Waals surface area contributed by atoms with Crippen LogP contribution in [0.25, 0.3) is 5.57 Å². The molecule has 8 nitrogen and oxygen atoms in total. The van der Waals surface area contributed by atoms with E-state index in [-0.39, 0.29) is 17.7 Å². The summed E-state index contributed by atoms with van der Waals surface area (Å²) >= 11 is 0. The molecule has 1 aliphatic carbocycles. The standard InChI is InChI=1S/C18H22FN7O/c1-10(19)18-24-15(21)6-17(26-18)25-16-5-14(27-12-3-4-12)13(9-23-16)11(7-20)8-22-2/h5-10,12H,3-4,20H2,1-2H3,(H3,21,23,24,25,26)/b11-7+,22-8?. The molecule has 0 bridgehead atoms. The molecule has 0 spiro atoms. The van der Waals surface area contributed by atoms with Gasteiger partial charge in [-0.2, -0.15) is 0 Å². The second kappa shape index (κ2) is 7.98. The molecular formula is C18H22FN7O. The number of hydrogen-bond donors (Lipinski definition) is 3. The molecule has 1 aliphatic rings. The van der Waals surface area contributed by atoms with Gasteiger partial charge in [0, 0.05) is 48.9 Å². The van der Waals surface area contributed by atoms with E-state index in [1.807, 2.05) is 0 Å². The summed E-state index contributed by atoms with van der Waals surface area (Å²) in [5.74, 6) is 1.65. The zero-order valence-corrected chi connectivity index (χ0v) is 15.2. The summed E-state index contributed by atoms with van der Waals surface area (Å²) < 4.78 is 19.5. The Bertz CT molecular complexity index is 878. The van der Waals surface area contributed by atoms with Gasteiger partial charge in [0.2, 0.25) is 0 Å². The number of hydrogen-bond acceptors (Lipinski definition) is 8. The van der Waals surface area contributed by atoms with E-state index in [0.29, 0.717) is 23.0 Å². The van der Waals surface area contributed by atoms with Crippen molar-refractivity contribution in [1.82, 2.24) is 15.0 Å². The topological polar surface area (TPSA) is 124 Å². The van der Waals surface area contributed by atoms with Crippen molar-refractivity contribution in [3.05, 3.63) is 35.9 Å². The van der Waals surface area contributed by atoms with Crippen LogP contribution in [-0.2, 0) is 0 Å². The number of nitrogen functional groups attached to an aromatic ring is 1. The summed E-state index contributed by atoms with van der Waals surface area (Å²) in [5, 5.41) is 3.02. The van der Waals surface area contributed by atoms with E-state index in [1.54, 1.807) is 25.5 Å². The van der Waals surface area contributed by atoms with Crippen LogP contribution in [0.1, 0.15) is 37.3 Å². The number of aromatic nitrogens is 3. The van der Waals surface area contributed by atoms with Crippen molar-refractivity contribution < 1.29 is 9.13 Å². The summed E-state index contributed by atoms with van der Waals surface area (Å²) in [6.07, 6.45) is 5.61. The van der Waals surface area contributed by atoms with Crippen molar-refractivity contribution in [2.24, 2.45) is 10.7 Å². The number of alkyl halides is 1. The summed E-state index contributed by atoms with van der Waals surface area (Å²) in [6, 6.07) is 3.26. The van der Waals surface area contributed by atoms with Crippen molar-refractivity contribution >= 4 is 29.2 Å². The van der Waals surface area contributed by atoms with Gasteiger partial charge in [-0.05, 0) is 19.8 Å². The molecule has 1 fully saturated rings. The largest absolute Gasteiger partial charge is 0.490 e. The van der Waals surface area contributed by atoms with Gasteiger partial charge in [0.25, 0.3) is 0 Å². The number of nitrogens with zero attached hydrogens (tertiary/aromatic N) is 4. The minimum Gasteiger partial charge on any atom is -0.490 e. The number of aliphatic imine (C=N–C) groups is 1. The lowest BCUT2D eigenvalue weighted by atomic mass is 10.1. The van der Waals surface area contributed by atoms with E-state index in [2.05, 4.69) is 25.3 Å². The zero-order valence-electron chi connectivity index (χ0n) is 15.2. The predicted molar refractivity (Wildman–Crippen MR) is 104 cm³/mol. The fraction of sp³-hybridized carbons (Fsp3) is 0.333. The van der Waals surface area contributed by atoms with Crippen LogP contribution in [0.3, 0.4) is 0 Å². The van der Waals surface area contributed by atoms with Crippen molar-refractivity contribution in [3.8, 4) is 5.75 Å². The normalized spacial score (nSPS) is 15.7. The third-order valence-electron chi connectivity index (χ3n) is 3.82. The van der Waals surface area contributed by atoms with Crippen molar-refractivity contribution in [3.63, 3.8) is 0 Å². The lowest BCUT2D eigenvalue weighted by molar-refractivity contribution is 0.302. The number of allylic oxidation sites excluding steroid dienone is 1. The van der Waals surface area contributed by atoms with E-state index in [4.69, 9.17) is 16.2 Å². The molecule has 27 heavy (non-hydrogen) atoms. The molecule has 5 N–H and O–H groups in total. The molecule has 1 saturated carbocycles. The first-order valence-electron chi connectivity index (χ1n) is 8.56. The van der Waals surface area contributed by atoms with Gasteiger partial charge in [-0.25, -0.2) is 19.3 Å². The maximum Gasteiger partial charge on any atom is 0.166 e. The Morgan fingerprint density at radius 3 is 2.78 bits per heavy atom. The molecule has 2 heterocycles. The number of nitrogens with one attached hydrogen (secondary N) is 1. The van der Waals surface area contributed by atoms with E-state index in [9.17, 15) is 4.39 Å². The first-order valence-corrected chi connectivity index (χ1v) is 8.56. The molecule has 1 atom stereocenters. The molecular weight excluding hydrogens is 349 g/mol. The molecule has 3 rings (SSSR count). The summed E-state index contributed by atoms with van der Waals surface area (Å²) in [7, 11) is 1.66. The van der Waals surface area contributed by atoms with Gasteiger partial charge in [-0.15, -0.1) is 0 Å². The van der Waals surface area contributed by atoms with Crippen molar-refractivity contribution in [2.45, 2.75) is 32.0 Å². The highest BCUT2D eigenvalue weighted by Crippen LogP contribution is 2.33. The summed E-state index contributed by atoms with van der Waals surface area (Å²) in [5.41, 5.74) is 12.9. The van der Waals surface area contributed by atoms with E-state index in [0.717, 1.165) is 18.4 Å². The average Bonchev–Trinajstić information content (AvgIpc) is 3.44. The van der Waals surface area contributed by atoms with E-state index >= 15 is 0 Å².